The van der Waals surface area contributed by atoms with Gasteiger partial charge in [-0.25, -0.2) is 0 Å². The summed E-state index contributed by atoms with van der Waals surface area (Å²) >= 11 is 0. The second-order valence-corrected chi connectivity index (χ2v) is 12.8. The standard InChI is InChI=1S/C17H33N3.C15H31N3O/c1-17(2,3)15-19-13-7-11-18-12-8-14-20-16-9-5-4-6-10-16;1-13(2)12-17-7-5-6-16-8-9-18-10-11-19-15(18)14(3)4/h15,18H,4-14H2,1-3H3;12-16H,5-11H2,1-4H3. The molecule has 7 nitrogen and oxygen atoms in total. The fraction of sp³-hybridized carbons (Fsp3) is 0.906. The van der Waals surface area contributed by atoms with Crippen LogP contribution in [0.25, 0.3) is 0 Å². The van der Waals surface area contributed by atoms with Crippen LogP contribution in [0.1, 0.15) is 99.8 Å². The summed E-state index contributed by atoms with van der Waals surface area (Å²) in [4.78, 5) is 16.0. The highest BCUT2D eigenvalue weighted by atomic mass is 16.5. The summed E-state index contributed by atoms with van der Waals surface area (Å²) in [6.45, 7) is 25.5. The van der Waals surface area contributed by atoms with Crippen LogP contribution in [0.15, 0.2) is 15.0 Å². The zero-order valence-corrected chi connectivity index (χ0v) is 26.8. The van der Waals surface area contributed by atoms with E-state index in [1.165, 1.54) is 37.8 Å². The molecule has 7 heteroatoms. The van der Waals surface area contributed by atoms with E-state index in [-0.39, 0.29) is 5.41 Å². The van der Waals surface area contributed by atoms with Gasteiger partial charge in [-0.2, -0.15) is 0 Å². The number of nitrogens with zero attached hydrogens (tertiary/aromatic N) is 4. The Morgan fingerprint density at radius 3 is 2.10 bits per heavy atom. The minimum absolute atomic E-state index is 0.214. The summed E-state index contributed by atoms with van der Waals surface area (Å²) in [5.41, 5.74) is 1.68. The molecule has 0 amide bonds. The first-order valence-corrected chi connectivity index (χ1v) is 16.0. The first-order chi connectivity index (χ1) is 18.7. The molecular formula is C32H64N6O. The minimum atomic E-state index is 0.214. The molecule has 2 N–H and O–H groups in total. The van der Waals surface area contributed by atoms with Crippen molar-refractivity contribution in [3.05, 3.63) is 0 Å². The van der Waals surface area contributed by atoms with Gasteiger partial charge in [0.15, 0.2) is 0 Å². The Balaban J connectivity index is 0.000000391. The molecule has 228 valence electrons. The van der Waals surface area contributed by atoms with Gasteiger partial charge in [0.1, 0.15) is 6.23 Å². The van der Waals surface area contributed by atoms with Crippen molar-refractivity contribution in [1.29, 1.82) is 0 Å². The molecule has 0 bridgehead atoms. The van der Waals surface area contributed by atoms with Crippen LogP contribution in [0, 0.1) is 17.3 Å². The normalized spacial score (nSPS) is 19.0. The highest BCUT2D eigenvalue weighted by Crippen LogP contribution is 2.17. The van der Waals surface area contributed by atoms with Gasteiger partial charge in [0, 0.05) is 57.4 Å². The van der Waals surface area contributed by atoms with E-state index >= 15 is 0 Å². The van der Waals surface area contributed by atoms with Crippen LogP contribution in [0.2, 0.25) is 0 Å². The van der Waals surface area contributed by atoms with E-state index in [0.717, 1.165) is 84.8 Å². The number of ether oxygens (including phenoxy) is 1. The Kier molecular flexibility index (Phi) is 20.7. The van der Waals surface area contributed by atoms with Gasteiger partial charge < -0.3 is 15.4 Å². The highest BCUT2D eigenvalue weighted by molar-refractivity contribution is 5.84. The number of nitrogens with one attached hydrogen (secondary N) is 2. The number of hydrogen-bond donors (Lipinski definition) is 2. The molecule has 1 unspecified atom stereocenters. The maximum atomic E-state index is 5.74. The molecule has 0 aromatic rings. The van der Waals surface area contributed by atoms with Crippen LogP contribution < -0.4 is 10.6 Å². The Hall–Kier alpha value is -1.15. The summed E-state index contributed by atoms with van der Waals surface area (Å²) in [6.07, 6.45) is 14.4. The van der Waals surface area contributed by atoms with Gasteiger partial charge in [0.2, 0.25) is 0 Å². The third kappa shape index (κ3) is 21.3. The van der Waals surface area contributed by atoms with Crippen LogP contribution in [-0.4, -0.2) is 94.8 Å². The first kappa shape index (κ1) is 35.9. The predicted molar refractivity (Wildman–Crippen MR) is 172 cm³/mol. The second-order valence-electron chi connectivity index (χ2n) is 12.8. The van der Waals surface area contributed by atoms with Gasteiger partial charge in [-0.15, -0.1) is 0 Å². The summed E-state index contributed by atoms with van der Waals surface area (Å²) in [7, 11) is 0. The van der Waals surface area contributed by atoms with E-state index in [9.17, 15) is 0 Å². The van der Waals surface area contributed by atoms with Crippen LogP contribution >= 0.6 is 0 Å². The molecule has 2 rings (SSSR count). The summed E-state index contributed by atoms with van der Waals surface area (Å²) < 4.78 is 5.74. The Morgan fingerprint density at radius 2 is 1.49 bits per heavy atom. The van der Waals surface area contributed by atoms with Crippen LogP contribution in [0.5, 0.6) is 0 Å². The van der Waals surface area contributed by atoms with Crippen molar-refractivity contribution in [2.45, 2.75) is 106 Å². The molecule has 1 atom stereocenters. The van der Waals surface area contributed by atoms with Gasteiger partial charge in [-0.3, -0.25) is 19.9 Å². The third-order valence-corrected chi connectivity index (χ3v) is 6.61. The lowest BCUT2D eigenvalue weighted by Crippen LogP contribution is -2.39. The van der Waals surface area contributed by atoms with E-state index in [1.54, 1.807) is 0 Å². The number of rotatable bonds is 17. The topological polar surface area (TPSA) is 73.6 Å². The molecule has 2 aliphatic rings. The van der Waals surface area contributed by atoms with E-state index in [4.69, 9.17) is 9.73 Å². The molecule has 39 heavy (non-hydrogen) atoms. The smallest absolute Gasteiger partial charge is 0.113 e. The van der Waals surface area contributed by atoms with Crippen molar-refractivity contribution < 1.29 is 4.74 Å². The molecular weight excluding hydrogens is 484 g/mol. The van der Waals surface area contributed by atoms with Crippen LogP contribution in [0.4, 0.5) is 0 Å². The fourth-order valence-electron chi connectivity index (χ4n) is 4.62. The van der Waals surface area contributed by atoms with Crippen molar-refractivity contribution >= 4 is 18.1 Å². The molecule has 1 saturated carbocycles. The molecule has 1 aliphatic carbocycles. The van der Waals surface area contributed by atoms with Crippen molar-refractivity contribution in [3.8, 4) is 0 Å². The fourth-order valence-corrected chi connectivity index (χ4v) is 4.62. The molecule has 1 heterocycles. The molecule has 1 aliphatic heterocycles. The number of hydrogen-bond acceptors (Lipinski definition) is 7. The molecule has 1 saturated heterocycles. The highest BCUT2D eigenvalue weighted by Gasteiger charge is 2.27. The van der Waals surface area contributed by atoms with E-state index < -0.39 is 0 Å². The van der Waals surface area contributed by atoms with Gasteiger partial charge >= 0.3 is 0 Å². The lowest BCUT2D eigenvalue weighted by molar-refractivity contribution is -0.00111. The zero-order chi connectivity index (χ0) is 28.8. The van der Waals surface area contributed by atoms with Crippen molar-refractivity contribution in [3.63, 3.8) is 0 Å². The third-order valence-electron chi connectivity index (χ3n) is 6.61. The van der Waals surface area contributed by atoms with Crippen molar-refractivity contribution in [2.24, 2.45) is 32.2 Å². The molecule has 2 fully saturated rings. The molecule has 0 aromatic heterocycles. The van der Waals surface area contributed by atoms with E-state index in [2.05, 4.69) is 80.2 Å². The predicted octanol–water partition coefficient (Wildman–Crippen LogP) is 5.89. The lowest BCUT2D eigenvalue weighted by Gasteiger charge is -2.25. The maximum absolute atomic E-state index is 5.74. The lowest BCUT2D eigenvalue weighted by atomic mass is 9.98. The van der Waals surface area contributed by atoms with E-state index in [1.807, 2.05) is 6.21 Å². The zero-order valence-electron chi connectivity index (χ0n) is 26.8. The molecule has 0 radical (unpaired) electrons. The Labute approximate surface area is 242 Å². The molecule has 0 aromatic carbocycles. The number of aliphatic imine (C=N–C) groups is 3. The van der Waals surface area contributed by atoms with E-state index in [0.29, 0.717) is 18.1 Å². The first-order valence-electron chi connectivity index (χ1n) is 16.0. The van der Waals surface area contributed by atoms with Gasteiger partial charge in [-0.1, -0.05) is 54.9 Å². The quantitative estimate of drug-likeness (QED) is 0.176. The Bertz CT molecular complexity index is 660. The SMILES string of the molecule is CC(C)(C)C=NCCCNCCCN=C1CCCCC1.CC(C)C=NCCCNCCN1CCOC1C(C)C. The van der Waals surface area contributed by atoms with Gasteiger partial charge in [-0.05, 0) is 81.8 Å². The average Bonchev–Trinajstić information content (AvgIpc) is 3.36. The average molecular weight is 549 g/mol. The largest absolute Gasteiger partial charge is 0.362 e. The van der Waals surface area contributed by atoms with Crippen molar-refractivity contribution in [2.75, 3.05) is 65.5 Å². The maximum Gasteiger partial charge on any atom is 0.113 e. The van der Waals surface area contributed by atoms with Crippen molar-refractivity contribution in [1.82, 2.24) is 15.5 Å². The van der Waals surface area contributed by atoms with Crippen LogP contribution in [0.3, 0.4) is 0 Å². The molecule has 0 spiro atoms. The second kappa shape index (κ2) is 22.5. The summed E-state index contributed by atoms with van der Waals surface area (Å²) in [6, 6.07) is 0. The van der Waals surface area contributed by atoms with Gasteiger partial charge in [0.25, 0.3) is 0 Å². The summed E-state index contributed by atoms with van der Waals surface area (Å²) in [5, 5.41) is 6.97. The summed E-state index contributed by atoms with van der Waals surface area (Å²) in [5.74, 6) is 1.14. The minimum Gasteiger partial charge on any atom is -0.362 e. The van der Waals surface area contributed by atoms with Gasteiger partial charge in [0.05, 0.1) is 6.61 Å². The Morgan fingerprint density at radius 1 is 0.872 bits per heavy atom. The van der Waals surface area contributed by atoms with Crippen LogP contribution in [-0.2, 0) is 4.74 Å². The monoisotopic (exact) mass is 549 g/mol.